The molecule has 2 aromatic carbocycles. The third-order valence-corrected chi connectivity index (χ3v) is 6.13. The van der Waals surface area contributed by atoms with Gasteiger partial charge in [-0.15, -0.1) is 0 Å². The Labute approximate surface area is 228 Å². The van der Waals surface area contributed by atoms with Gasteiger partial charge in [0.15, 0.2) is 5.78 Å². The minimum atomic E-state index is -0.830. The molecule has 1 aromatic heterocycles. The van der Waals surface area contributed by atoms with E-state index >= 15 is 0 Å². The molecule has 9 heteroatoms. The molecule has 0 unspecified atom stereocenters. The number of methoxy groups -OCH3 is 1. The number of Topliss-reactive ketones (excluding diaryl/α,β-unsaturated/α-hetero) is 1. The van der Waals surface area contributed by atoms with Gasteiger partial charge in [0.1, 0.15) is 12.2 Å². The lowest BCUT2D eigenvalue weighted by molar-refractivity contribution is -0.147. The number of carbonyl (C=O) groups is 4. The van der Waals surface area contributed by atoms with Crippen LogP contribution in [0.3, 0.4) is 0 Å². The molecular formula is C30H36N2O7. The molecular weight excluding hydrogens is 500 g/mol. The minimum absolute atomic E-state index is 0.0732. The molecule has 3 aromatic rings. The second-order valence-corrected chi connectivity index (χ2v) is 10.3. The number of hydrogen-bond acceptors (Lipinski definition) is 7. The zero-order valence-electron chi connectivity index (χ0n) is 23.1. The van der Waals surface area contributed by atoms with Crippen molar-refractivity contribution < 1.29 is 33.4 Å². The van der Waals surface area contributed by atoms with E-state index in [2.05, 4.69) is 5.32 Å². The third kappa shape index (κ3) is 8.17. The van der Waals surface area contributed by atoms with E-state index in [9.17, 15) is 19.2 Å². The number of aromatic nitrogens is 1. The zero-order chi connectivity index (χ0) is 28.6. The van der Waals surface area contributed by atoms with Gasteiger partial charge in [0.05, 0.1) is 24.6 Å². The number of ketones is 1. The van der Waals surface area contributed by atoms with Crippen LogP contribution >= 0.6 is 0 Å². The van der Waals surface area contributed by atoms with Gasteiger partial charge in [-0.25, -0.2) is 9.59 Å². The maximum absolute atomic E-state index is 13.2. The fraction of sp³-hybridized carbons (Fsp3) is 0.400. The molecule has 2 atom stereocenters. The summed E-state index contributed by atoms with van der Waals surface area (Å²) in [5, 5.41) is 3.37. The smallest absolute Gasteiger partial charge is 0.419 e. The van der Waals surface area contributed by atoms with Crippen LogP contribution in [0.25, 0.3) is 10.9 Å². The topological polar surface area (TPSA) is 113 Å². The van der Waals surface area contributed by atoms with Crippen LogP contribution in [0, 0.1) is 5.92 Å². The summed E-state index contributed by atoms with van der Waals surface area (Å²) in [6, 6.07) is 15.7. The standard InChI is InChI=1S/C30H36N2O7/c1-6-24(31-28(35)38-19-20-12-8-7-9-13-20)26(33)17-21(27(34)37-5)16-22-18-32(29(36)39-30(2,3)4)25-15-11-10-14-23(22)25/h7-15,18,21,24H,6,16-17,19H2,1-5H3,(H,31,35)/t21-,24-/m1/s1. The number of carbonyl (C=O) groups excluding carboxylic acids is 4. The number of alkyl carbamates (subject to hydrolysis) is 1. The van der Waals surface area contributed by atoms with Gasteiger partial charge in [-0.2, -0.15) is 0 Å². The molecule has 3 rings (SSSR count). The van der Waals surface area contributed by atoms with Gasteiger partial charge in [0.2, 0.25) is 0 Å². The zero-order valence-corrected chi connectivity index (χ0v) is 23.1. The van der Waals surface area contributed by atoms with Gasteiger partial charge in [0, 0.05) is 18.0 Å². The maximum Gasteiger partial charge on any atom is 0.419 e. The lowest BCUT2D eigenvalue weighted by Crippen LogP contribution is -2.42. The maximum atomic E-state index is 13.2. The first kappa shape index (κ1) is 29.4. The normalized spacial score (nSPS) is 12.8. The Morgan fingerprint density at radius 1 is 0.974 bits per heavy atom. The number of benzene rings is 2. The number of fused-ring (bicyclic) bond motifs is 1. The van der Waals surface area contributed by atoms with Gasteiger partial charge in [-0.3, -0.25) is 14.2 Å². The number of hydrogen-bond donors (Lipinski definition) is 1. The van der Waals surface area contributed by atoms with Crippen molar-refractivity contribution in [3.8, 4) is 0 Å². The summed E-state index contributed by atoms with van der Waals surface area (Å²) in [4.78, 5) is 51.1. The fourth-order valence-electron chi connectivity index (χ4n) is 4.25. The van der Waals surface area contributed by atoms with E-state index in [-0.39, 0.29) is 25.2 Å². The van der Waals surface area contributed by atoms with Crippen LogP contribution in [0.5, 0.6) is 0 Å². The first-order valence-corrected chi connectivity index (χ1v) is 12.9. The van der Waals surface area contributed by atoms with Crippen molar-refractivity contribution in [2.45, 2.75) is 65.2 Å². The Morgan fingerprint density at radius 2 is 1.64 bits per heavy atom. The summed E-state index contributed by atoms with van der Waals surface area (Å²) >= 11 is 0. The molecule has 1 heterocycles. The van der Waals surface area contributed by atoms with E-state index in [1.807, 2.05) is 48.5 Å². The van der Waals surface area contributed by atoms with Crippen molar-refractivity contribution in [3.63, 3.8) is 0 Å². The van der Waals surface area contributed by atoms with Gasteiger partial charge < -0.3 is 19.5 Å². The highest BCUT2D eigenvalue weighted by Crippen LogP contribution is 2.27. The van der Waals surface area contributed by atoms with Crippen LogP contribution in [-0.4, -0.2) is 47.3 Å². The Kier molecular flexibility index (Phi) is 9.87. The van der Waals surface area contributed by atoms with Crippen molar-refractivity contribution in [3.05, 3.63) is 71.9 Å². The van der Waals surface area contributed by atoms with Crippen molar-refractivity contribution in [2.24, 2.45) is 5.92 Å². The molecule has 1 N–H and O–H groups in total. The second-order valence-electron chi connectivity index (χ2n) is 10.3. The number of nitrogens with zero attached hydrogens (tertiary/aromatic N) is 1. The van der Waals surface area contributed by atoms with Crippen molar-refractivity contribution in [1.29, 1.82) is 0 Å². The van der Waals surface area contributed by atoms with E-state index in [0.29, 0.717) is 17.5 Å². The van der Waals surface area contributed by atoms with Crippen LogP contribution < -0.4 is 5.32 Å². The van der Waals surface area contributed by atoms with Crippen LogP contribution in [0.2, 0.25) is 0 Å². The summed E-state index contributed by atoms with van der Waals surface area (Å²) < 4.78 is 17.2. The van der Waals surface area contributed by atoms with Crippen LogP contribution in [0.15, 0.2) is 60.8 Å². The molecule has 0 saturated carbocycles. The minimum Gasteiger partial charge on any atom is -0.469 e. The van der Waals surface area contributed by atoms with Gasteiger partial charge in [-0.1, -0.05) is 55.5 Å². The van der Waals surface area contributed by atoms with Gasteiger partial charge in [-0.05, 0) is 50.8 Å². The Hall–Kier alpha value is -4.14. The predicted molar refractivity (Wildman–Crippen MR) is 146 cm³/mol. The molecule has 0 fully saturated rings. The van der Waals surface area contributed by atoms with E-state index in [1.165, 1.54) is 11.7 Å². The van der Waals surface area contributed by atoms with Crippen LogP contribution in [0.1, 0.15) is 51.7 Å². The SMILES string of the molecule is CC[C@@H](NC(=O)OCc1ccccc1)C(=O)C[C@@H](Cc1cn(C(=O)OC(C)(C)C)c2ccccc12)C(=O)OC. The Morgan fingerprint density at radius 3 is 2.28 bits per heavy atom. The molecule has 0 aliphatic rings. The summed E-state index contributed by atoms with van der Waals surface area (Å²) in [5.41, 5.74) is 1.46. The quantitative estimate of drug-likeness (QED) is 0.272. The molecule has 1 amide bonds. The monoisotopic (exact) mass is 536 g/mol. The molecule has 0 spiro atoms. The van der Waals surface area contributed by atoms with Gasteiger partial charge >= 0.3 is 18.2 Å². The second kappa shape index (κ2) is 13.1. The number of rotatable bonds is 10. The average molecular weight is 537 g/mol. The summed E-state index contributed by atoms with van der Waals surface area (Å²) in [6.07, 6.45) is 0.703. The Balaban J connectivity index is 1.74. The largest absolute Gasteiger partial charge is 0.469 e. The first-order valence-electron chi connectivity index (χ1n) is 12.9. The highest BCUT2D eigenvalue weighted by atomic mass is 16.6. The predicted octanol–water partition coefficient (Wildman–Crippen LogP) is 5.42. The molecule has 0 bridgehead atoms. The van der Waals surface area contributed by atoms with E-state index in [0.717, 1.165) is 10.9 Å². The van der Waals surface area contributed by atoms with E-state index < -0.39 is 35.7 Å². The van der Waals surface area contributed by atoms with Crippen molar-refractivity contribution in [1.82, 2.24) is 9.88 Å². The van der Waals surface area contributed by atoms with Crippen LogP contribution in [0.4, 0.5) is 9.59 Å². The molecule has 208 valence electrons. The highest BCUT2D eigenvalue weighted by molar-refractivity contribution is 5.93. The number of nitrogens with one attached hydrogen (secondary N) is 1. The third-order valence-electron chi connectivity index (χ3n) is 6.13. The van der Waals surface area contributed by atoms with Gasteiger partial charge in [0.25, 0.3) is 0 Å². The Bertz CT molecular complexity index is 1310. The molecule has 0 aliphatic carbocycles. The number of para-hydroxylation sites is 1. The first-order chi connectivity index (χ1) is 18.5. The molecule has 39 heavy (non-hydrogen) atoms. The lowest BCUT2D eigenvalue weighted by atomic mass is 9.91. The molecule has 0 saturated heterocycles. The highest BCUT2D eigenvalue weighted by Gasteiger charge is 2.30. The molecule has 0 radical (unpaired) electrons. The van der Waals surface area contributed by atoms with Crippen LogP contribution in [-0.2, 0) is 36.8 Å². The van der Waals surface area contributed by atoms with Crippen molar-refractivity contribution >= 4 is 34.8 Å². The summed E-state index contributed by atoms with van der Waals surface area (Å²) in [6.45, 7) is 7.19. The fourth-order valence-corrected chi connectivity index (χ4v) is 4.25. The number of amides is 1. The number of esters is 1. The van der Waals surface area contributed by atoms with Crippen molar-refractivity contribution in [2.75, 3.05) is 7.11 Å². The lowest BCUT2D eigenvalue weighted by Gasteiger charge is -2.20. The summed E-state index contributed by atoms with van der Waals surface area (Å²) in [7, 11) is 1.26. The van der Waals surface area contributed by atoms with E-state index in [1.54, 1.807) is 40.0 Å². The number of ether oxygens (including phenoxy) is 3. The average Bonchev–Trinajstić information content (AvgIpc) is 3.28. The van der Waals surface area contributed by atoms with E-state index in [4.69, 9.17) is 14.2 Å². The molecule has 9 nitrogen and oxygen atoms in total. The summed E-state index contributed by atoms with van der Waals surface area (Å²) in [5.74, 6) is -1.70. The molecule has 0 aliphatic heterocycles.